The summed E-state index contributed by atoms with van der Waals surface area (Å²) in [6, 6.07) is 26.7. The van der Waals surface area contributed by atoms with Gasteiger partial charge in [0.2, 0.25) is 0 Å². The zero-order valence-corrected chi connectivity index (χ0v) is 19.2. The minimum atomic E-state index is -0.0607. The number of pyridine rings is 1. The summed E-state index contributed by atoms with van der Waals surface area (Å²) in [7, 11) is 0. The molecule has 5 rings (SSSR count). The topological polar surface area (TPSA) is 33.1 Å². The lowest BCUT2D eigenvalue weighted by Gasteiger charge is -2.29. The third-order valence-electron chi connectivity index (χ3n) is 5.90. The van der Waals surface area contributed by atoms with Crippen LogP contribution in [0.4, 0.5) is 0 Å². The van der Waals surface area contributed by atoms with E-state index in [1.165, 1.54) is 5.56 Å². The summed E-state index contributed by atoms with van der Waals surface area (Å²) in [6.45, 7) is 2.74. The van der Waals surface area contributed by atoms with Crippen LogP contribution in [0.2, 0.25) is 5.02 Å². The van der Waals surface area contributed by atoms with Crippen LogP contribution >= 0.6 is 23.8 Å². The number of thiocarbonyl (C=S) groups is 1. The third-order valence-corrected chi connectivity index (χ3v) is 6.67. The van der Waals surface area contributed by atoms with E-state index in [2.05, 4.69) is 80.6 Å². The van der Waals surface area contributed by atoms with E-state index in [-0.39, 0.29) is 12.1 Å². The normalized spacial score (nSPS) is 18.1. The molecule has 4 nitrogen and oxygen atoms in total. The number of hydrogen-bond donors (Lipinski definition) is 1. The van der Waals surface area contributed by atoms with Crippen molar-refractivity contribution in [3.63, 3.8) is 0 Å². The monoisotopic (exact) mass is 458 g/mol. The number of aryl methyl sites for hydroxylation is 1. The maximum Gasteiger partial charge on any atom is 0.170 e. The predicted molar refractivity (Wildman–Crippen MR) is 133 cm³/mol. The Bertz CT molecular complexity index is 1240. The van der Waals surface area contributed by atoms with Crippen molar-refractivity contribution in [3.05, 3.63) is 119 Å². The second-order valence-corrected chi connectivity index (χ2v) is 8.77. The Labute approximate surface area is 198 Å². The number of rotatable bonds is 5. The highest BCUT2D eigenvalue weighted by molar-refractivity contribution is 7.80. The number of aromatic nitrogens is 2. The number of benzene rings is 2. The Morgan fingerprint density at radius 1 is 1.00 bits per heavy atom. The lowest BCUT2D eigenvalue weighted by Crippen LogP contribution is -2.30. The molecule has 32 heavy (non-hydrogen) atoms. The smallest absolute Gasteiger partial charge is 0.170 e. The third kappa shape index (κ3) is 3.90. The molecule has 0 radical (unpaired) electrons. The van der Waals surface area contributed by atoms with Gasteiger partial charge in [-0.1, -0.05) is 48.0 Å². The largest absolute Gasteiger partial charge is 0.352 e. The standard InChI is InChI=1S/C26H23ClN4S/c1-18-16-20(12-13-21(18)27)30-15-7-11-23(30)25-24(22-10-5-6-14-28-22)29-26(32)31(25)17-19-8-3-2-4-9-19/h2-16,24-25H,17H2,1H3,(H,29,32)/t24-,25-/m0/s1. The van der Waals surface area contributed by atoms with E-state index in [0.29, 0.717) is 6.54 Å². The molecule has 6 heteroatoms. The number of nitrogens with zero attached hydrogens (tertiary/aromatic N) is 3. The average Bonchev–Trinajstić information content (AvgIpc) is 3.42. The van der Waals surface area contributed by atoms with Gasteiger partial charge in [-0.2, -0.15) is 0 Å². The molecular weight excluding hydrogens is 436 g/mol. The molecular formula is C26H23ClN4S. The van der Waals surface area contributed by atoms with E-state index in [1.807, 2.05) is 37.4 Å². The van der Waals surface area contributed by atoms with Crippen molar-refractivity contribution in [1.29, 1.82) is 0 Å². The molecule has 1 aliphatic rings. The summed E-state index contributed by atoms with van der Waals surface area (Å²) in [5.41, 5.74) is 5.44. The Kier molecular flexibility index (Phi) is 5.68. The Morgan fingerprint density at radius 2 is 1.81 bits per heavy atom. The van der Waals surface area contributed by atoms with Crippen molar-refractivity contribution < 1.29 is 0 Å². The molecule has 160 valence electrons. The molecule has 2 atom stereocenters. The van der Waals surface area contributed by atoms with Gasteiger partial charge in [0.15, 0.2) is 5.11 Å². The van der Waals surface area contributed by atoms with E-state index < -0.39 is 0 Å². The first-order valence-electron chi connectivity index (χ1n) is 10.6. The second-order valence-electron chi connectivity index (χ2n) is 7.98. The van der Waals surface area contributed by atoms with Crippen LogP contribution < -0.4 is 5.32 Å². The SMILES string of the molecule is Cc1cc(-n2cccc2[C@H]2[C@H](c3ccccn3)NC(=S)N2Cc2ccccc2)ccc1Cl. The molecule has 0 spiro atoms. The number of halogens is 1. The molecule has 0 amide bonds. The molecule has 0 unspecified atom stereocenters. The van der Waals surface area contributed by atoms with Gasteiger partial charge in [-0.05, 0) is 72.7 Å². The van der Waals surface area contributed by atoms with Crippen LogP contribution in [0.25, 0.3) is 5.69 Å². The van der Waals surface area contributed by atoms with Crippen molar-refractivity contribution >= 4 is 28.9 Å². The van der Waals surface area contributed by atoms with Crippen LogP contribution in [0.3, 0.4) is 0 Å². The maximum atomic E-state index is 6.29. The quantitative estimate of drug-likeness (QED) is 0.371. The molecule has 4 aromatic rings. The van der Waals surface area contributed by atoms with Gasteiger partial charge < -0.3 is 14.8 Å². The van der Waals surface area contributed by atoms with Crippen molar-refractivity contribution in [2.75, 3.05) is 0 Å². The number of nitrogens with one attached hydrogen (secondary N) is 1. The van der Waals surface area contributed by atoms with Gasteiger partial charge in [0.1, 0.15) is 0 Å². The second kappa shape index (κ2) is 8.77. The van der Waals surface area contributed by atoms with E-state index in [4.69, 9.17) is 23.8 Å². The summed E-state index contributed by atoms with van der Waals surface area (Å²) in [6.07, 6.45) is 3.92. The van der Waals surface area contributed by atoms with E-state index in [1.54, 1.807) is 0 Å². The lowest BCUT2D eigenvalue weighted by atomic mass is 10.0. The van der Waals surface area contributed by atoms with Crippen LogP contribution in [0, 0.1) is 6.92 Å². The molecule has 0 bridgehead atoms. The Morgan fingerprint density at radius 3 is 2.56 bits per heavy atom. The first-order chi connectivity index (χ1) is 15.6. The highest BCUT2D eigenvalue weighted by Crippen LogP contribution is 2.40. The predicted octanol–water partition coefficient (Wildman–Crippen LogP) is 6.01. The van der Waals surface area contributed by atoms with Gasteiger partial charge in [0, 0.05) is 35.3 Å². The first-order valence-corrected chi connectivity index (χ1v) is 11.4. The molecule has 1 aliphatic heterocycles. The van der Waals surface area contributed by atoms with Crippen LogP contribution in [0.1, 0.15) is 34.6 Å². The van der Waals surface area contributed by atoms with Crippen LogP contribution in [-0.2, 0) is 6.54 Å². The van der Waals surface area contributed by atoms with Gasteiger partial charge in [-0.3, -0.25) is 4.98 Å². The molecule has 0 aliphatic carbocycles. The van der Waals surface area contributed by atoms with Crippen molar-refractivity contribution in [1.82, 2.24) is 19.8 Å². The minimum absolute atomic E-state index is 0.0245. The molecule has 1 saturated heterocycles. The fraction of sp³-hybridized carbons (Fsp3) is 0.154. The van der Waals surface area contributed by atoms with E-state index >= 15 is 0 Å². The summed E-state index contributed by atoms with van der Waals surface area (Å²) < 4.78 is 2.22. The van der Waals surface area contributed by atoms with Gasteiger partial charge in [-0.25, -0.2) is 0 Å². The van der Waals surface area contributed by atoms with E-state index in [9.17, 15) is 0 Å². The summed E-state index contributed by atoms with van der Waals surface area (Å²) >= 11 is 12.1. The van der Waals surface area contributed by atoms with Gasteiger partial charge in [0.25, 0.3) is 0 Å². The zero-order chi connectivity index (χ0) is 22.1. The molecule has 3 heterocycles. The van der Waals surface area contributed by atoms with Crippen LogP contribution in [0.15, 0.2) is 91.3 Å². The van der Waals surface area contributed by atoms with Crippen LogP contribution in [-0.4, -0.2) is 19.6 Å². The fourth-order valence-electron chi connectivity index (χ4n) is 4.33. The van der Waals surface area contributed by atoms with Gasteiger partial charge in [-0.15, -0.1) is 0 Å². The summed E-state index contributed by atoms with van der Waals surface area (Å²) in [5, 5.41) is 5.04. The van der Waals surface area contributed by atoms with Crippen molar-refractivity contribution in [3.8, 4) is 5.69 Å². The molecule has 1 fully saturated rings. The fourth-order valence-corrected chi connectivity index (χ4v) is 4.75. The Balaban J connectivity index is 1.61. The molecule has 1 N–H and O–H groups in total. The summed E-state index contributed by atoms with van der Waals surface area (Å²) in [5.74, 6) is 0. The van der Waals surface area contributed by atoms with Gasteiger partial charge >= 0.3 is 0 Å². The molecule has 2 aromatic heterocycles. The first kappa shape index (κ1) is 20.7. The van der Waals surface area contributed by atoms with Crippen molar-refractivity contribution in [2.45, 2.75) is 25.6 Å². The minimum Gasteiger partial charge on any atom is -0.352 e. The van der Waals surface area contributed by atoms with E-state index in [0.717, 1.165) is 32.8 Å². The highest BCUT2D eigenvalue weighted by Gasteiger charge is 2.41. The summed E-state index contributed by atoms with van der Waals surface area (Å²) in [4.78, 5) is 6.91. The maximum absolute atomic E-state index is 6.29. The molecule has 0 saturated carbocycles. The van der Waals surface area contributed by atoms with Crippen molar-refractivity contribution in [2.24, 2.45) is 0 Å². The molecule has 2 aromatic carbocycles. The lowest BCUT2D eigenvalue weighted by molar-refractivity contribution is 0.302. The number of hydrogen-bond acceptors (Lipinski definition) is 2. The van der Waals surface area contributed by atoms with Crippen LogP contribution in [0.5, 0.6) is 0 Å². The highest BCUT2D eigenvalue weighted by atomic mass is 35.5. The average molecular weight is 459 g/mol. The van der Waals surface area contributed by atoms with Gasteiger partial charge in [0.05, 0.1) is 17.8 Å². The Hall–Kier alpha value is -3.15. The zero-order valence-electron chi connectivity index (χ0n) is 17.6.